The van der Waals surface area contributed by atoms with Crippen molar-refractivity contribution in [2.75, 3.05) is 11.5 Å². The molecule has 0 amide bonds. The monoisotopic (exact) mass is 391 g/mol. The van der Waals surface area contributed by atoms with Gasteiger partial charge in [0.1, 0.15) is 22.1 Å². The van der Waals surface area contributed by atoms with Gasteiger partial charge in [-0.05, 0) is 49.1 Å². The summed E-state index contributed by atoms with van der Waals surface area (Å²) < 4.78 is 5.49. The van der Waals surface area contributed by atoms with Crippen molar-refractivity contribution in [1.29, 1.82) is 0 Å². The number of alkyl halides is 1. The lowest BCUT2D eigenvalue weighted by Crippen LogP contribution is -2.17. The fourth-order valence-corrected chi connectivity index (χ4v) is 5.39. The second-order valence-electron chi connectivity index (χ2n) is 5.63. The average molecular weight is 392 g/mol. The van der Waals surface area contributed by atoms with Gasteiger partial charge in [0.2, 0.25) is 0 Å². The maximum absolute atomic E-state index is 12.2. The smallest absolute Gasteiger partial charge is 0.329 e. The Morgan fingerprint density at radius 3 is 2.26 bits per heavy atom. The number of ether oxygens (including phenoxy) is 1. The van der Waals surface area contributed by atoms with Crippen LogP contribution in [0.15, 0.2) is 59.5 Å². The summed E-state index contributed by atoms with van der Waals surface area (Å²) in [5.41, 5.74) is 0.901. The molecular weight excluding hydrogens is 372 g/mol. The Kier molecular flexibility index (Phi) is 5.79. The molecule has 0 saturated carbocycles. The second kappa shape index (κ2) is 8.02. The normalized spacial score (nSPS) is 16.7. The Morgan fingerprint density at radius 1 is 0.957 bits per heavy atom. The molecule has 2 aromatic carbocycles. The molecule has 1 aliphatic heterocycles. The van der Waals surface area contributed by atoms with Gasteiger partial charge in [0.25, 0.3) is 0 Å². The number of carbonyl (C=O) groups is 1. The first-order valence-electron chi connectivity index (χ1n) is 7.92. The highest BCUT2D eigenvalue weighted by atomic mass is 79.9. The Bertz CT molecular complexity index is 636. The maximum Gasteiger partial charge on any atom is 0.329 e. The fraction of sp³-hybridized carbons (Fsp3) is 0.316. The van der Waals surface area contributed by atoms with Gasteiger partial charge in [-0.25, -0.2) is 0 Å². The van der Waals surface area contributed by atoms with E-state index in [0.29, 0.717) is 16.6 Å². The molecule has 0 radical (unpaired) electrons. The average Bonchev–Trinajstić information content (AvgIpc) is 2.63. The van der Waals surface area contributed by atoms with E-state index in [9.17, 15) is 4.79 Å². The molecular formula is C19H20BrO2S+. The van der Waals surface area contributed by atoms with Crippen LogP contribution in [0.1, 0.15) is 29.7 Å². The molecule has 1 atom stereocenters. The third-order valence-corrected chi connectivity index (χ3v) is 7.36. The van der Waals surface area contributed by atoms with E-state index in [4.69, 9.17) is 4.74 Å². The molecule has 0 aliphatic carbocycles. The number of hydrogen-bond donors (Lipinski definition) is 0. The highest BCUT2D eigenvalue weighted by Crippen LogP contribution is 2.27. The summed E-state index contributed by atoms with van der Waals surface area (Å²) in [6, 6.07) is 17.6. The van der Waals surface area contributed by atoms with Crippen LogP contribution in [0.5, 0.6) is 5.75 Å². The predicted octanol–water partition coefficient (Wildman–Crippen LogP) is 4.89. The Morgan fingerprint density at radius 2 is 1.61 bits per heavy atom. The first kappa shape index (κ1) is 16.6. The second-order valence-corrected chi connectivity index (χ2v) is 8.82. The van der Waals surface area contributed by atoms with Crippen molar-refractivity contribution in [2.45, 2.75) is 29.0 Å². The van der Waals surface area contributed by atoms with Gasteiger partial charge in [-0.3, -0.25) is 4.79 Å². The Hall–Kier alpha value is -1.26. The van der Waals surface area contributed by atoms with Crippen LogP contribution in [0, 0.1) is 0 Å². The quantitative estimate of drug-likeness (QED) is 0.321. The molecule has 1 heterocycles. The third kappa shape index (κ3) is 4.39. The van der Waals surface area contributed by atoms with E-state index in [0.717, 1.165) is 5.56 Å². The van der Waals surface area contributed by atoms with E-state index in [1.54, 1.807) is 0 Å². The number of benzene rings is 2. The molecule has 0 N–H and O–H groups in total. The number of halogens is 1. The van der Waals surface area contributed by atoms with Gasteiger partial charge in [-0.2, -0.15) is 0 Å². The summed E-state index contributed by atoms with van der Waals surface area (Å²) in [4.78, 5) is 13.2. The number of hydrogen-bond acceptors (Lipinski definition) is 2. The minimum Gasteiger partial charge on any atom is -0.425 e. The van der Waals surface area contributed by atoms with E-state index in [-0.39, 0.29) is 5.97 Å². The van der Waals surface area contributed by atoms with Crippen molar-refractivity contribution >= 4 is 32.8 Å². The fourth-order valence-electron chi connectivity index (χ4n) is 2.69. The van der Waals surface area contributed by atoms with Crippen molar-refractivity contribution in [3.05, 3.63) is 60.2 Å². The lowest BCUT2D eigenvalue weighted by molar-refractivity contribution is -0.133. The molecule has 0 bridgehead atoms. The van der Waals surface area contributed by atoms with E-state index < -0.39 is 4.83 Å². The molecule has 1 aliphatic rings. The number of esters is 1. The van der Waals surface area contributed by atoms with Gasteiger partial charge in [-0.1, -0.05) is 46.3 Å². The van der Waals surface area contributed by atoms with Crippen LogP contribution in [0.3, 0.4) is 0 Å². The summed E-state index contributed by atoms with van der Waals surface area (Å²) in [5, 5.41) is 0. The molecule has 120 valence electrons. The largest absolute Gasteiger partial charge is 0.425 e. The Balaban J connectivity index is 1.62. The molecule has 1 unspecified atom stereocenters. The molecule has 1 saturated heterocycles. The minimum absolute atomic E-state index is 0.288. The van der Waals surface area contributed by atoms with Crippen molar-refractivity contribution in [3.8, 4) is 5.75 Å². The zero-order chi connectivity index (χ0) is 16.1. The molecule has 0 aromatic heterocycles. The van der Waals surface area contributed by atoms with Crippen LogP contribution in [-0.4, -0.2) is 17.5 Å². The standard InChI is InChI=1S/C19H20BrO2S/c20-18(15-7-3-1-4-8-15)19(21)22-16-9-11-17(12-10-16)23-13-5-2-6-14-23/h1,3-4,7-12,18H,2,5-6,13-14H2/q+1. The Labute approximate surface area is 148 Å². The van der Waals surface area contributed by atoms with E-state index in [2.05, 4.69) is 28.1 Å². The number of carbonyl (C=O) groups excluding carboxylic acids is 1. The predicted molar refractivity (Wildman–Crippen MR) is 99.4 cm³/mol. The molecule has 1 fully saturated rings. The van der Waals surface area contributed by atoms with Crippen LogP contribution < -0.4 is 4.74 Å². The summed E-state index contributed by atoms with van der Waals surface area (Å²) >= 11 is 3.41. The molecule has 0 spiro atoms. The van der Waals surface area contributed by atoms with Gasteiger partial charge in [0.15, 0.2) is 4.90 Å². The first-order valence-corrected chi connectivity index (χ1v) is 10.4. The van der Waals surface area contributed by atoms with E-state index in [1.807, 2.05) is 42.5 Å². The van der Waals surface area contributed by atoms with Gasteiger partial charge in [0, 0.05) is 10.9 Å². The van der Waals surface area contributed by atoms with Gasteiger partial charge in [0.05, 0.1) is 0 Å². The van der Waals surface area contributed by atoms with Crippen LogP contribution in [0.2, 0.25) is 0 Å². The molecule has 23 heavy (non-hydrogen) atoms. The van der Waals surface area contributed by atoms with Crippen molar-refractivity contribution in [2.24, 2.45) is 0 Å². The van der Waals surface area contributed by atoms with Gasteiger partial charge >= 0.3 is 5.97 Å². The zero-order valence-corrected chi connectivity index (χ0v) is 15.3. The van der Waals surface area contributed by atoms with Gasteiger partial charge < -0.3 is 4.74 Å². The van der Waals surface area contributed by atoms with Crippen LogP contribution in [0.25, 0.3) is 0 Å². The van der Waals surface area contributed by atoms with Crippen molar-refractivity contribution in [3.63, 3.8) is 0 Å². The highest BCUT2D eigenvalue weighted by Gasteiger charge is 2.25. The van der Waals surface area contributed by atoms with E-state index in [1.165, 1.54) is 35.7 Å². The molecule has 4 heteroatoms. The summed E-state index contributed by atoms with van der Waals surface area (Å²) in [5.74, 6) is 2.93. The zero-order valence-electron chi connectivity index (χ0n) is 12.9. The SMILES string of the molecule is O=C(Oc1ccc([S+]2CCCCC2)cc1)C(Br)c1ccccc1. The lowest BCUT2D eigenvalue weighted by Gasteiger charge is -2.14. The number of rotatable bonds is 4. The van der Waals surface area contributed by atoms with Crippen molar-refractivity contribution in [1.82, 2.24) is 0 Å². The first-order chi connectivity index (χ1) is 11.2. The lowest BCUT2D eigenvalue weighted by atomic mass is 10.1. The van der Waals surface area contributed by atoms with E-state index >= 15 is 0 Å². The summed E-state index contributed by atoms with van der Waals surface area (Å²) in [6.07, 6.45) is 4.04. The van der Waals surface area contributed by atoms with Crippen molar-refractivity contribution < 1.29 is 9.53 Å². The van der Waals surface area contributed by atoms with Crippen LogP contribution in [0.4, 0.5) is 0 Å². The molecule has 2 aromatic rings. The summed E-state index contributed by atoms with van der Waals surface area (Å²) in [6.45, 7) is 0. The minimum atomic E-state index is -0.441. The summed E-state index contributed by atoms with van der Waals surface area (Å²) in [7, 11) is 0.383. The highest BCUT2D eigenvalue weighted by molar-refractivity contribution is 9.09. The molecule has 3 rings (SSSR count). The van der Waals surface area contributed by atoms with Crippen LogP contribution >= 0.6 is 15.9 Å². The third-order valence-electron chi connectivity index (χ3n) is 3.96. The maximum atomic E-state index is 12.2. The molecule has 2 nitrogen and oxygen atoms in total. The van der Waals surface area contributed by atoms with Crippen LogP contribution in [-0.2, 0) is 15.7 Å². The van der Waals surface area contributed by atoms with Gasteiger partial charge in [-0.15, -0.1) is 0 Å². The topological polar surface area (TPSA) is 26.3 Å².